The average Bonchev–Trinajstić information content (AvgIpc) is 2.93. The summed E-state index contributed by atoms with van der Waals surface area (Å²) in [6.45, 7) is 1.71. The molecular weight excluding hydrogens is 526 g/mol. The summed E-state index contributed by atoms with van der Waals surface area (Å²) in [5.74, 6) is 1.11. The molecule has 3 N–H and O–H groups in total. The van der Waals surface area contributed by atoms with Crippen molar-refractivity contribution in [1.82, 2.24) is 15.2 Å². The van der Waals surface area contributed by atoms with Gasteiger partial charge in [0.1, 0.15) is 22.9 Å². The number of hydrogen-bond donors (Lipinski definition) is 2. The quantitative estimate of drug-likeness (QED) is 0.295. The average molecular weight is 552 g/mol. The number of nitrogens with zero attached hydrogens (tertiary/aromatic N) is 3. The van der Waals surface area contributed by atoms with E-state index in [1.807, 2.05) is 48.5 Å². The van der Waals surface area contributed by atoms with Crippen molar-refractivity contribution in [3.63, 3.8) is 0 Å². The molecule has 0 saturated heterocycles. The molecule has 196 valence electrons. The van der Waals surface area contributed by atoms with E-state index in [1.54, 1.807) is 21.1 Å². The van der Waals surface area contributed by atoms with Gasteiger partial charge in [0.15, 0.2) is 0 Å². The van der Waals surface area contributed by atoms with Crippen LogP contribution in [0.2, 0.25) is 0 Å². The van der Waals surface area contributed by atoms with Crippen LogP contribution in [0.3, 0.4) is 0 Å². The molecule has 38 heavy (non-hydrogen) atoms. The number of carbonyl (C=O) groups is 1. The third kappa shape index (κ3) is 6.46. The number of amides is 1. The van der Waals surface area contributed by atoms with Crippen LogP contribution >= 0.6 is 11.8 Å². The normalized spacial score (nSPS) is 12.0. The van der Waals surface area contributed by atoms with Gasteiger partial charge in [0, 0.05) is 16.8 Å². The highest BCUT2D eigenvalue weighted by Gasteiger charge is 2.20. The number of nitrogens with one attached hydrogen (secondary N) is 1. The molecule has 0 radical (unpaired) electrons. The third-order valence-electron chi connectivity index (χ3n) is 5.50. The van der Waals surface area contributed by atoms with Crippen molar-refractivity contribution in [3.05, 3.63) is 72.8 Å². The summed E-state index contributed by atoms with van der Waals surface area (Å²) in [6.07, 6.45) is 0. The number of aromatic nitrogens is 3. The van der Waals surface area contributed by atoms with Gasteiger partial charge < -0.3 is 14.8 Å². The summed E-state index contributed by atoms with van der Waals surface area (Å²) in [7, 11) is -0.621. The number of anilines is 1. The monoisotopic (exact) mass is 551 g/mol. The van der Waals surface area contributed by atoms with Crippen molar-refractivity contribution in [1.29, 1.82) is 0 Å². The fourth-order valence-electron chi connectivity index (χ4n) is 3.44. The van der Waals surface area contributed by atoms with Gasteiger partial charge in [0.25, 0.3) is 0 Å². The second-order valence-corrected chi connectivity index (χ2v) is 10.9. The molecule has 0 spiro atoms. The highest BCUT2D eigenvalue weighted by atomic mass is 32.2. The van der Waals surface area contributed by atoms with Crippen LogP contribution in [-0.4, -0.2) is 49.0 Å². The van der Waals surface area contributed by atoms with Crippen LogP contribution in [0, 0.1) is 0 Å². The van der Waals surface area contributed by atoms with Gasteiger partial charge in [-0.2, -0.15) is 0 Å². The number of rotatable bonds is 9. The van der Waals surface area contributed by atoms with E-state index in [0.717, 1.165) is 22.9 Å². The summed E-state index contributed by atoms with van der Waals surface area (Å²) in [6, 6.07) is 20.4. The predicted octanol–water partition coefficient (Wildman–Crippen LogP) is 3.99. The zero-order valence-electron chi connectivity index (χ0n) is 20.8. The Kier molecular flexibility index (Phi) is 8.25. The van der Waals surface area contributed by atoms with Gasteiger partial charge in [-0.1, -0.05) is 11.8 Å². The zero-order chi connectivity index (χ0) is 27.3. The third-order valence-corrected chi connectivity index (χ3v) is 7.38. The fraction of sp³-hybridized carbons (Fsp3) is 0.154. The molecule has 0 saturated carbocycles. The van der Waals surface area contributed by atoms with Crippen molar-refractivity contribution < 1.29 is 22.7 Å². The molecule has 0 aliphatic rings. The van der Waals surface area contributed by atoms with Crippen molar-refractivity contribution in [2.45, 2.75) is 22.2 Å². The standard InChI is InChI=1S/C26H25N5O5S2/c1-16(25(32)28-19-8-14-22(15-9-19)38(27,33)34)37-26-29-23(17-4-10-20(35-2)11-5-17)24(30-31-26)18-6-12-21(36-3)13-7-18/h4-16H,1-3H3,(H,28,32)(H2,27,33,34). The maximum atomic E-state index is 12.8. The minimum atomic E-state index is -3.82. The lowest BCUT2D eigenvalue weighted by Crippen LogP contribution is -2.23. The molecule has 10 nitrogen and oxygen atoms in total. The van der Waals surface area contributed by atoms with E-state index >= 15 is 0 Å². The molecule has 1 heterocycles. The molecule has 1 aromatic heterocycles. The van der Waals surface area contributed by atoms with Crippen molar-refractivity contribution in [3.8, 4) is 34.0 Å². The van der Waals surface area contributed by atoms with E-state index in [1.165, 1.54) is 24.3 Å². The number of thioether (sulfide) groups is 1. The number of carbonyl (C=O) groups excluding carboxylic acids is 1. The Labute approximate surface area is 224 Å². The van der Waals surface area contributed by atoms with E-state index in [9.17, 15) is 13.2 Å². The Morgan fingerprint density at radius 1 is 0.842 bits per heavy atom. The molecule has 12 heteroatoms. The topological polar surface area (TPSA) is 146 Å². The summed E-state index contributed by atoms with van der Waals surface area (Å²) < 4.78 is 33.4. The minimum Gasteiger partial charge on any atom is -0.497 e. The number of sulfonamides is 1. The zero-order valence-corrected chi connectivity index (χ0v) is 22.4. The molecule has 0 bridgehead atoms. The van der Waals surface area contributed by atoms with E-state index in [4.69, 9.17) is 19.6 Å². The lowest BCUT2D eigenvalue weighted by Gasteiger charge is -2.13. The fourth-order valence-corrected chi connectivity index (χ4v) is 4.67. The van der Waals surface area contributed by atoms with Gasteiger partial charge in [-0.05, 0) is 79.7 Å². The summed E-state index contributed by atoms with van der Waals surface area (Å²) in [5.41, 5.74) is 3.22. The first kappa shape index (κ1) is 27.0. The summed E-state index contributed by atoms with van der Waals surface area (Å²) in [4.78, 5) is 17.5. The SMILES string of the molecule is COc1ccc(-c2nnc(SC(C)C(=O)Nc3ccc(S(N)(=O)=O)cc3)nc2-c2ccc(OC)cc2)cc1. The predicted molar refractivity (Wildman–Crippen MR) is 146 cm³/mol. The lowest BCUT2D eigenvalue weighted by molar-refractivity contribution is -0.115. The lowest BCUT2D eigenvalue weighted by atomic mass is 10.0. The maximum absolute atomic E-state index is 12.8. The van der Waals surface area contributed by atoms with Gasteiger partial charge in [0.05, 0.1) is 24.4 Å². The van der Waals surface area contributed by atoms with E-state index in [-0.39, 0.29) is 10.8 Å². The number of primary sulfonamides is 1. The van der Waals surface area contributed by atoms with Crippen LogP contribution < -0.4 is 19.9 Å². The second-order valence-electron chi connectivity index (χ2n) is 8.07. The molecule has 1 amide bonds. The highest BCUT2D eigenvalue weighted by Crippen LogP contribution is 2.32. The Hall–Kier alpha value is -4.00. The molecule has 0 aliphatic carbocycles. The number of ether oxygens (including phenoxy) is 2. The van der Waals surface area contributed by atoms with Crippen LogP contribution in [0.15, 0.2) is 82.8 Å². The van der Waals surface area contributed by atoms with E-state index in [0.29, 0.717) is 33.7 Å². The van der Waals surface area contributed by atoms with Crippen LogP contribution in [0.4, 0.5) is 5.69 Å². The molecule has 0 fully saturated rings. The van der Waals surface area contributed by atoms with Crippen molar-refractivity contribution in [2.24, 2.45) is 5.14 Å². The van der Waals surface area contributed by atoms with Gasteiger partial charge >= 0.3 is 0 Å². The van der Waals surface area contributed by atoms with Crippen molar-refractivity contribution >= 4 is 33.4 Å². The van der Waals surface area contributed by atoms with Crippen molar-refractivity contribution in [2.75, 3.05) is 19.5 Å². The minimum absolute atomic E-state index is 0.0413. The molecule has 4 aromatic rings. The Bertz CT molecular complexity index is 1530. The van der Waals surface area contributed by atoms with Crippen LogP contribution in [0.25, 0.3) is 22.5 Å². The van der Waals surface area contributed by atoms with Crippen LogP contribution in [-0.2, 0) is 14.8 Å². The summed E-state index contributed by atoms with van der Waals surface area (Å²) >= 11 is 1.15. The molecule has 0 aliphatic heterocycles. The first-order valence-electron chi connectivity index (χ1n) is 11.3. The highest BCUT2D eigenvalue weighted by molar-refractivity contribution is 8.00. The first-order valence-corrected chi connectivity index (χ1v) is 13.7. The Balaban J connectivity index is 1.58. The van der Waals surface area contributed by atoms with Gasteiger partial charge in [-0.25, -0.2) is 18.5 Å². The molecule has 3 aromatic carbocycles. The molecule has 1 atom stereocenters. The number of benzene rings is 3. The largest absolute Gasteiger partial charge is 0.497 e. The Morgan fingerprint density at radius 3 is 1.87 bits per heavy atom. The van der Waals surface area contributed by atoms with Crippen LogP contribution in [0.5, 0.6) is 11.5 Å². The van der Waals surface area contributed by atoms with E-state index < -0.39 is 15.3 Å². The molecular formula is C26H25N5O5S2. The molecule has 1 unspecified atom stereocenters. The van der Waals surface area contributed by atoms with E-state index in [2.05, 4.69) is 15.5 Å². The number of nitrogens with two attached hydrogens (primary N) is 1. The second kappa shape index (κ2) is 11.6. The maximum Gasteiger partial charge on any atom is 0.238 e. The van der Waals surface area contributed by atoms with Gasteiger partial charge in [-0.3, -0.25) is 4.79 Å². The summed E-state index contributed by atoms with van der Waals surface area (Å²) in [5, 5.41) is 16.3. The molecule has 4 rings (SSSR count). The Morgan fingerprint density at radius 2 is 1.37 bits per heavy atom. The number of hydrogen-bond acceptors (Lipinski definition) is 9. The van der Waals surface area contributed by atoms with Crippen LogP contribution in [0.1, 0.15) is 6.92 Å². The van der Waals surface area contributed by atoms with Gasteiger partial charge in [-0.15, -0.1) is 10.2 Å². The number of methoxy groups -OCH3 is 2. The first-order chi connectivity index (χ1) is 18.2. The smallest absolute Gasteiger partial charge is 0.238 e. The van der Waals surface area contributed by atoms with Gasteiger partial charge in [0.2, 0.25) is 21.1 Å².